The molecule has 126 valence electrons. The third-order valence-electron chi connectivity index (χ3n) is 4.59. The van der Waals surface area contributed by atoms with Gasteiger partial charge >= 0.3 is 0 Å². The molecule has 1 unspecified atom stereocenters. The van der Waals surface area contributed by atoms with Crippen molar-refractivity contribution in [3.63, 3.8) is 0 Å². The quantitative estimate of drug-likeness (QED) is 0.823. The standard InChI is InChI=1S/C20H25N3O/c1-16-15-22-11-12-23(16)20-7-5-6-17-8-9-18(14-19(17)20)24-13-4-2-3-10-21/h5-9,14,16,22H,2-4,11-13,15H2,1H3. The molecule has 0 saturated carbocycles. The third kappa shape index (κ3) is 3.80. The van der Waals surface area contributed by atoms with Crippen LogP contribution in [-0.2, 0) is 0 Å². The molecule has 0 radical (unpaired) electrons. The van der Waals surface area contributed by atoms with Gasteiger partial charge in [0.25, 0.3) is 0 Å². The number of piperazine rings is 1. The van der Waals surface area contributed by atoms with Crippen LogP contribution < -0.4 is 15.0 Å². The summed E-state index contributed by atoms with van der Waals surface area (Å²) in [6.07, 6.45) is 2.42. The normalized spacial score (nSPS) is 17.7. The molecular formula is C20H25N3O. The zero-order valence-electron chi connectivity index (χ0n) is 14.3. The van der Waals surface area contributed by atoms with Crippen LogP contribution in [0, 0.1) is 11.3 Å². The van der Waals surface area contributed by atoms with Gasteiger partial charge in [0.15, 0.2) is 0 Å². The first-order chi connectivity index (χ1) is 11.8. The zero-order valence-corrected chi connectivity index (χ0v) is 14.3. The zero-order chi connectivity index (χ0) is 16.8. The van der Waals surface area contributed by atoms with E-state index in [2.05, 4.69) is 53.5 Å². The molecule has 0 spiro atoms. The van der Waals surface area contributed by atoms with Crippen molar-refractivity contribution in [2.75, 3.05) is 31.1 Å². The van der Waals surface area contributed by atoms with Crippen molar-refractivity contribution in [2.45, 2.75) is 32.2 Å². The van der Waals surface area contributed by atoms with Crippen LogP contribution in [0.25, 0.3) is 10.8 Å². The molecule has 4 nitrogen and oxygen atoms in total. The van der Waals surface area contributed by atoms with Crippen molar-refractivity contribution in [1.82, 2.24) is 5.32 Å². The van der Waals surface area contributed by atoms with E-state index in [-0.39, 0.29) is 0 Å². The van der Waals surface area contributed by atoms with Gasteiger partial charge in [-0.2, -0.15) is 5.26 Å². The summed E-state index contributed by atoms with van der Waals surface area (Å²) in [5, 5.41) is 14.5. The van der Waals surface area contributed by atoms with Crippen molar-refractivity contribution < 1.29 is 4.74 Å². The Morgan fingerprint density at radius 2 is 2.21 bits per heavy atom. The van der Waals surface area contributed by atoms with E-state index in [1.807, 2.05) is 6.07 Å². The van der Waals surface area contributed by atoms with Crippen molar-refractivity contribution in [1.29, 1.82) is 5.26 Å². The number of nitrogens with zero attached hydrogens (tertiary/aromatic N) is 2. The lowest BCUT2D eigenvalue weighted by molar-refractivity contribution is 0.308. The molecular weight excluding hydrogens is 298 g/mol. The van der Waals surface area contributed by atoms with E-state index in [9.17, 15) is 0 Å². The van der Waals surface area contributed by atoms with Crippen molar-refractivity contribution in [3.8, 4) is 11.8 Å². The van der Waals surface area contributed by atoms with E-state index >= 15 is 0 Å². The average Bonchev–Trinajstić information content (AvgIpc) is 2.61. The van der Waals surface area contributed by atoms with Gasteiger partial charge in [-0.25, -0.2) is 0 Å². The topological polar surface area (TPSA) is 48.3 Å². The smallest absolute Gasteiger partial charge is 0.120 e. The molecule has 4 heteroatoms. The van der Waals surface area contributed by atoms with Gasteiger partial charge in [0.2, 0.25) is 0 Å². The summed E-state index contributed by atoms with van der Waals surface area (Å²) in [4.78, 5) is 2.48. The monoisotopic (exact) mass is 323 g/mol. The van der Waals surface area contributed by atoms with E-state index in [4.69, 9.17) is 10.00 Å². The van der Waals surface area contributed by atoms with Gasteiger partial charge in [-0.15, -0.1) is 0 Å². The molecule has 2 aromatic rings. The molecule has 24 heavy (non-hydrogen) atoms. The lowest BCUT2D eigenvalue weighted by atomic mass is 10.1. The second kappa shape index (κ2) is 8.03. The van der Waals surface area contributed by atoms with Gasteiger partial charge in [0, 0.05) is 43.2 Å². The number of hydrogen-bond acceptors (Lipinski definition) is 4. The molecule has 3 rings (SSSR count). The maximum absolute atomic E-state index is 8.58. The van der Waals surface area contributed by atoms with Crippen LogP contribution in [0.3, 0.4) is 0 Å². The number of unbranched alkanes of at least 4 members (excludes halogenated alkanes) is 2. The third-order valence-corrected chi connectivity index (χ3v) is 4.59. The van der Waals surface area contributed by atoms with Gasteiger partial charge < -0.3 is 15.0 Å². The summed E-state index contributed by atoms with van der Waals surface area (Å²) in [6.45, 7) is 6.00. The fraction of sp³-hybridized carbons (Fsp3) is 0.450. The van der Waals surface area contributed by atoms with Gasteiger partial charge in [-0.1, -0.05) is 18.2 Å². The van der Waals surface area contributed by atoms with Crippen LogP contribution in [0.2, 0.25) is 0 Å². The Bertz CT molecular complexity index is 722. The highest BCUT2D eigenvalue weighted by molar-refractivity contribution is 5.95. The summed E-state index contributed by atoms with van der Waals surface area (Å²) in [6, 6.07) is 15.5. The molecule has 1 heterocycles. The Morgan fingerprint density at radius 1 is 1.29 bits per heavy atom. The molecule has 1 fully saturated rings. The number of rotatable bonds is 6. The lowest BCUT2D eigenvalue weighted by Gasteiger charge is -2.36. The first-order valence-corrected chi connectivity index (χ1v) is 8.79. The van der Waals surface area contributed by atoms with E-state index in [1.165, 1.54) is 16.5 Å². The molecule has 0 aliphatic carbocycles. The highest BCUT2D eigenvalue weighted by atomic mass is 16.5. The minimum atomic E-state index is 0.486. The molecule has 2 aromatic carbocycles. The van der Waals surface area contributed by atoms with Crippen molar-refractivity contribution in [2.24, 2.45) is 0 Å². The second-order valence-corrected chi connectivity index (χ2v) is 6.37. The molecule has 1 saturated heterocycles. The van der Waals surface area contributed by atoms with Crippen LogP contribution >= 0.6 is 0 Å². The highest BCUT2D eigenvalue weighted by Gasteiger charge is 2.19. The Hall–Kier alpha value is -2.25. The first-order valence-electron chi connectivity index (χ1n) is 8.79. The van der Waals surface area contributed by atoms with Gasteiger partial charge in [-0.05, 0) is 43.4 Å². The van der Waals surface area contributed by atoms with E-state index in [0.717, 1.165) is 38.2 Å². The summed E-state index contributed by atoms with van der Waals surface area (Å²) < 4.78 is 5.89. The molecule has 1 N–H and O–H groups in total. The number of anilines is 1. The number of fused-ring (bicyclic) bond motifs is 1. The summed E-state index contributed by atoms with van der Waals surface area (Å²) in [7, 11) is 0. The molecule has 1 aliphatic rings. The van der Waals surface area contributed by atoms with Gasteiger partial charge in [-0.3, -0.25) is 0 Å². The number of nitriles is 1. The average molecular weight is 323 g/mol. The van der Waals surface area contributed by atoms with E-state index in [0.29, 0.717) is 19.1 Å². The molecule has 0 aromatic heterocycles. The predicted molar refractivity (Wildman–Crippen MR) is 98.6 cm³/mol. The van der Waals surface area contributed by atoms with Crippen LogP contribution in [0.1, 0.15) is 26.2 Å². The van der Waals surface area contributed by atoms with Crippen LogP contribution in [-0.4, -0.2) is 32.3 Å². The number of hydrogen-bond donors (Lipinski definition) is 1. The van der Waals surface area contributed by atoms with Crippen LogP contribution in [0.15, 0.2) is 36.4 Å². The summed E-state index contributed by atoms with van der Waals surface area (Å²) in [5.41, 5.74) is 1.29. The number of benzene rings is 2. The molecule has 1 atom stereocenters. The Balaban J connectivity index is 1.79. The van der Waals surface area contributed by atoms with Crippen LogP contribution in [0.4, 0.5) is 5.69 Å². The lowest BCUT2D eigenvalue weighted by Crippen LogP contribution is -2.50. The van der Waals surface area contributed by atoms with Crippen LogP contribution in [0.5, 0.6) is 5.75 Å². The van der Waals surface area contributed by atoms with Gasteiger partial charge in [0.05, 0.1) is 12.7 Å². The first kappa shape index (κ1) is 16.6. The van der Waals surface area contributed by atoms with E-state index < -0.39 is 0 Å². The Labute approximate surface area is 144 Å². The molecule has 0 bridgehead atoms. The SMILES string of the molecule is CC1CNCCN1c1cccc2ccc(OCCCCC#N)cc12. The summed E-state index contributed by atoms with van der Waals surface area (Å²) >= 11 is 0. The second-order valence-electron chi connectivity index (χ2n) is 6.37. The molecule has 0 amide bonds. The highest BCUT2D eigenvalue weighted by Crippen LogP contribution is 2.31. The maximum Gasteiger partial charge on any atom is 0.120 e. The van der Waals surface area contributed by atoms with Gasteiger partial charge in [0.1, 0.15) is 5.75 Å². The number of nitrogens with one attached hydrogen (secondary N) is 1. The van der Waals surface area contributed by atoms with Crippen molar-refractivity contribution in [3.05, 3.63) is 36.4 Å². The van der Waals surface area contributed by atoms with Crippen molar-refractivity contribution >= 4 is 16.5 Å². The fourth-order valence-electron chi connectivity index (χ4n) is 3.27. The minimum absolute atomic E-state index is 0.486. The number of ether oxygens (including phenoxy) is 1. The van der Waals surface area contributed by atoms with E-state index in [1.54, 1.807) is 0 Å². The fourth-order valence-corrected chi connectivity index (χ4v) is 3.27. The maximum atomic E-state index is 8.58. The molecule has 1 aliphatic heterocycles. The Morgan fingerprint density at radius 3 is 3.04 bits per heavy atom. The summed E-state index contributed by atoms with van der Waals surface area (Å²) in [5.74, 6) is 0.912. The largest absolute Gasteiger partial charge is 0.494 e. The predicted octanol–water partition coefficient (Wildman–Crippen LogP) is 3.71. The Kier molecular flexibility index (Phi) is 5.55. The minimum Gasteiger partial charge on any atom is -0.494 e.